The van der Waals surface area contributed by atoms with Gasteiger partial charge in [-0.15, -0.1) is 0 Å². The van der Waals surface area contributed by atoms with Crippen LogP contribution in [-0.2, 0) is 9.72 Å². The first kappa shape index (κ1) is 12.1. The van der Waals surface area contributed by atoms with Crippen LogP contribution in [0, 0.1) is 0 Å². The van der Waals surface area contributed by atoms with Crippen LogP contribution in [0.1, 0.15) is 29.8 Å². The van der Waals surface area contributed by atoms with Crippen molar-refractivity contribution >= 4 is 13.9 Å². The van der Waals surface area contributed by atoms with Crippen molar-refractivity contribution in [1.29, 1.82) is 0 Å². The molecule has 0 radical (unpaired) electrons. The minimum Gasteiger partial charge on any atom is -0.324 e. The number of carbonyl (C=O) groups is 1. The molecular formula is C10H13O4P. The van der Waals surface area contributed by atoms with Gasteiger partial charge in [-0.2, -0.15) is 0 Å². The maximum atomic E-state index is 11.3. The summed E-state index contributed by atoms with van der Waals surface area (Å²) < 4.78 is 11.3. The highest BCUT2D eigenvalue weighted by Crippen LogP contribution is 2.56. The van der Waals surface area contributed by atoms with E-state index in [1.165, 1.54) is 19.9 Å². The third-order valence-electron chi connectivity index (χ3n) is 2.46. The van der Waals surface area contributed by atoms with Crippen LogP contribution in [0.2, 0.25) is 0 Å². The van der Waals surface area contributed by atoms with E-state index in [9.17, 15) is 19.1 Å². The van der Waals surface area contributed by atoms with E-state index < -0.39 is 12.8 Å². The molecule has 0 saturated carbocycles. The van der Waals surface area contributed by atoms with Crippen LogP contribution in [0.25, 0.3) is 0 Å². The van der Waals surface area contributed by atoms with Gasteiger partial charge in [-0.25, -0.2) is 0 Å². The molecular weight excluding hydrogens is 215 g/mol. The summed E-state index contributed by atoms with van der Waals surface area (Å²) in [4.78, 5) is 28.9. The van der Waals surface area contributed by atoms with E-state index in [0.717, 1.165) is 0 Å². The van der Waals surface area contributed by atoms with Gasteiger partial charge in [0.1, 0.15) is 6.29 Å². The van der Waals surface area contributed by atoms with Gasteiger partial charge in [-0.3, -0.25) is 9.36 Å². The Morgan fingerprint density at radius 3 is 2.40 bits per heavy atom. The summed E-state index contributed by atoms with van der Waals surface area (Å²) >= 11 is 0. The second-order valence-electron chi connectivity index (χ2n) is 3.85. The Morgan fingerprint density at radius 2 is 1.93 bits per heavy atom. The van der Waals surface area contributed by atoms with Crippen molar-refractivity contribution in [3.63, 3.8) is 0 Å². The van der Waals surface area contributed by atoms with Crippen molar-refractivity contribution in [2.75, 3.05) is 0 Å². The van der Waals surface area contributed by atoms with Gasteiger partial charge in [-0.05, 0) is 25.5 Å². The summed E-state index contributed by atoms with van der Waals surface area (Å²) in [5.74, 6) is 0. The third kappa shape index (κ3) is 2.34. The predicted octanol–water partition coefficient (Wildman–Crippen LogP) is 1.91. The topological polar surface area (TPSA) is 74.6 Å². The standard InChI is InChI=1S/C10H13O4P/c1-10(2,15(12,13)14)9-5-3-4-8(6-9)7-11/h3-7H,1-2H3,(H2,12,13,14). The molecule has 0 bridgehead atoms. The van der Waals surface area contributed by atoms with Gasteiger partial charge in [0.05, 0.1) is 5.16 Å². The summed E-state index contributed by atoms with van der Waals surface area (Å²) in [6.45, 7) is 2.91. The minimum absolute atomic E-state index is 0.411. The Balaban J connectivity index is 3.27. The average Bonchev–Trinajstić information content (AvgIpc) is 2.16. The van der Waals surface area contributed by atoms with E-state index in [-0.39, 0.29) is 0 Å². The van der Waals surface area contributed by atoms with Crippen LogP contribution in [-0.4, -0.2) is 16.1 Å². The van der Waals surface area contributed by atoms with E-state index in [1.54, 1.807) is 18.2 Å². The van der Waals surface area contributed by atoms with Crippen molar-refractivity contribution in [2.24, 2.45) is 0 Å². The fraction of sp³-hybridized carbons (Fsp3) is 0.300. The first-order valence-corrected chi connectivity index (χ1v) is 6.01. The molecule has 82 valence electrons. The van der Waals surface area contributed by atoms with E-state index in [0.29, 0.717) is 17.4 Å². The zero-order chi connectivity index (χ0) is 11.7. The number of benzene rings is 1. The highest BCUT2D eigenvalue weighted by molar-refractivity contribution is 7.53. The van der Waals surface area contributed by atoms with E-state index in [4.69, 9.17) is 0 Å². The largest absolute Gasteiger partial charge is 0.335 e. The Kier molecular flexibility index (Phi) is 3.14. The summed E-state index contributed by atoms with van der Waals surface area (Å²) in [6.07, 6.45) is 0.652. The quantitative estimate of drug-likeness (QED) is 0.612. The monoisotopic (exact) mass is 228 g/mol. The van der Waals surface area contributed by atoms with Crippen LogP contribution >= 0.6 is 7.60 Å². The van der Waals surface area contributed by atoms with Crippen LogP contribution < -0.4 is 0 Å². The molecule has 0 amide bonds. The lowest BCUT2D eigenvalue weighted by atomic mass is 10.0. The molecule has 2 N–H and O–H groups in total. The van der Waals surface area contributed by atoms with E-state index in [2.05, 4.69) is 0 Å². The lowest BCUT2D eigenvalue weighted by Gasteiger charge is -2.26. The van der Waals surface area contributed by atoms with E-state index in [1.807, 2.05) is 0 Å². The molecule has 15 heavy (non-hydrogen) atoms. The van der Waals surface area contributed by atoms with Crippen molar-refractivity contribution in [3.05, 3.63) is 35.4 Å². The zero-order valence-electron chi connectivity index (χ0n) is 8.54. The van der Waals surface area contributed by atoms with Gasteiger partial charge in [0.2, 0.25) is 0 Å². The summed E-state index contributed by atoms with van der Waals surface area (Å²) in [5.41, 5.74) is 0.870. The average molecular weight is 228 g/mol. The zero-order valence-corrected chi connectivity index (χ0v) is 9.44. The molecule has 0 heterocycles. The lowest BCUT2D eigenvalue weighted by molar-refractivity contribution is 0.112. The van der Waals surface area contributed by atoms with Gasteiger partial charge in [0.25, 0.3) is 0 Å². The smallest absolute Gasteiger partial charge is 0.324 e. The number of aldehydes is 1. The van der Waals surface area contributed by atoms with Crippen LogP contribution in [0.4, 0.5) is 0 Å². The van der Waals surface area contributed by atoms with Crippen LogP contribution in [0.15, 0.2) is 24.3 Å². The van der Waals surface area contributed by atoms with Gasteiger partial charge < -0.3 is 9.79 Å². The number of hydrogen-bond donors (Lipinski definition) is 2. The summed E-state index contributed by atoms with van der Waals surface area (Å²) in [5, 5.41) is -1.27. The van der Waals surface area contributed by atoms with E-state index >= 15 is 0 Å². The molecule has 5 heteroatoms. The van der Waals surface area contributed by atoms with Crippen molar-refractivity contribution in [1.82, 2.24) is 0 Å². The molecule has 0 aromatic heterocycles. The predicted molar refractivity (Wildman–Crippen MR) is 56.9 cm³/mol. The molecule has 1 rings (SSSR count). The molecule has 0 fully saturated rings. The Labute approximate surface area is 88.1 Å². The van der Waals surface area contributed by atoms with Gasteiger partial charge in [0.15, 0.2) is 0 Å². The molecule has 1 aromatic rings. The number of carbonyl (C=O) groups excluding carboxylic acids is 1. The highest BCUT2D eigenvalue weighted by atomic mass is 31.2. The molecule has 0 spiro atoms. The number of hydrogen-bond acceptors (Lipinski definition) is 2. The fourth-order valence-electron chi connectivity index (χ4n) is 1.16. The molecule has 1 aromatic carbocycles. The maximum Gasteiger partial charge on any atom is 0.335 e. The molecule has 0 aliphatic carbocycles. The second-order valence-corrected chi connectivity index (χ2v) is 6.05. The normalized spacial score (nSPS) is 12.5. The Bertz CT molecular complexity index is 419. The van der Waals surface area contributed by atoms with Crippen molar-refractivity contribution < 1.29 is 19.1 Å². The van der Waals surface area contributed by atoms with Gasteiger partial charge >= 0.3 is 7.60 Å². The van der Waals surface area contributed by atoms with Crippen LogP contribution in [0.5, 0.6) is 0 Å². The maximum absolute atomic E-state index is 11.3. The third-order valence-corrected chi connectivity index (χ3v) is 4.17. The van der Waals surface area contributed by atoms with Crippen LogP contribution in [0.3, 0.4) is 0 Å². The van der Waals surface area contributed by atoms with Crippen molar-refractivity contribution in [2.45, 2.75) is 19.0 Å². The second kappa shape index (κ2) is 3.89. The van der Waals surface area contributed by atoms with Gasteiger partial charge in [0, 0.05) is 5.56 Å². The number of rotatable bonds is 3. The highest BCUT2D eigenvalue weighted by Gasteiger charge is 2.39. The first-order valence-electron chi connectivity index (χ1n) is 4.40. The molecule has 0 aliphatic heterocycles. The molecule has 4 nitrogen and oxygen atoms in total. The fourth-order valence-corrected chi connectivity index (χ4v) is 1.64. The van der Waals surface area contributed by atoms with Gasteiger partial charge in [-0.1, -0.05) is 18.2 Å². The summed E-state index contributed by atoms with van der Waals surface area (Å²) in [7, 11) is -4.24. The molecule has 0 saturated heterocycles. The lowest BCUT2D eigenvalue weighted by Crippen LogP contribution is -2.17. The molecule has 0 atom stereocenters. The SMILES string of the molecule is CC(C)(c1cccc(C=O)c1)P(=O)(O)O. The Morgan fingerprint density at radius 1 is 1.33 bits per heavy atom. The minimum atomic E-state index is -4.24. The Hall–Kier alpha value is -0.960. The first-order chi connectivity index (χ1) is 6.79. The van der Waals surface area contributed by atoms with Crippen molar-refractivity contribution in [3.8, 4) is 0 Å². The molecule has 0 unspecified atom stereocenters. The molecule has 0 aliphatic rings. The summed E-state index contributed by atoms with van der Waals surface area (Å²) in [6, 6.07) is 6.29.